The second-order valence-electron chi connectivity index (χ2n) is 3.77. The van der Waals surface area contributed by atoms with Gasteiger partial charge in [0.2, 0.25) is 0 Å². The molecule has 0 aromatic rings. The van der Waals surface area contributed by atoms with E-state index in [1.54, 1.807) is 5.57 Å². The summed E-state index contributed by atoms with van der Waals surface area (Å²) in [6.45, 7) is 2.26. The average molecular weight is 364 g/mol. The summed E-state index contributed by atoms with van der Waals surface area (Å²) in [5, 5.41) is 0. The Bertz CT molecular complexity index is 293. The molecule has 0 nitrogen and oxygen atoms in total. The molecule has 0 atom stereocenters. The zero-order chi connectivity index (χ0) is 9.15. The van der Waals surface area contributed by atoms with Gasteiger partial charge in [-0.25, -0.2) is 0 Å². The first kappa shape index (κ1) is 11.7. The first-order chi connectivity index (χ1) is 6.37. The zero-order valence-corrected chi connectivity index (χ0v) is 10.9. The van der Waals surface area contributed by atoms with Crippen molar-refractivity contribution in [2.24, 2.45) is 5.41 Å². The minimum Gasteiger partial charge on any atom is -0.0842 e. The van der Waals surface area contributed by atoms with Crippen molar-refractivity contribution in [1.29, 1.82) is 0 Å². The Kier molecular flexibility index (Phi) is 4.10. The molecule has 0 bridgehead atoms. The first-order valence-electron chi connectivity index (χ1n) is 5.11. The third kappa shape index (κ3) is 1.99. The van der Waals surface area contributed by atoms with E-state index >= 15 is 0 Å². The summed E-state index contributed by atoms with van der Waals surface area (Å²) in [6, 6.07) is 0. The maximum Gasteiger partial charge on any atom is 1.00 e. The fourth-order valence-electron chi connectivity index (χ4n) is 2.18. The molecule has 76 valence electrons. The van der Waals surface area contributed by atoms with Crippen LogP contribution in [0, 0.1) is 5.41 Å². The quantitative estimate of drug-likeness (QED) is 0.699. The summed E-state index contributed by atoms with van der Waals surface area (Å²) in [5.74, 6) is 0. The van der Waals surface area contributed by atoms with Crippen molar-refractivity contribution in [3.63, 3.8) is 0 Å². The van der Waals surface area contributed by atoms with Crippen LogP contribution in [0.2, 0.25) is 0 Å². The van der Waals surface area contributed by atoms with E-state index in [1.165, 1.54) is 19.3 Å². The number of hydrogen-bond donors (Lipinski definition) is 0. The molecule has 0 heterocycles. The number of hydrogen-bond acceptors (Lipinski definition) is 0. The summed E-state index contributed by atoms with van der Waals surface area (Å²) in [7, 11) is 0. The van der Waals surface area contributed by atoms with Gasteiger partial charge in [-0.3, -0.25) is 0 Å². The van der Waals surface area contributed by atoms with Gasteiger partial charge in [-0.05, 0) is 19.3 Å². The summed E-state index contributed by atoms with van der Waals surface area (Å²) in [4.78, 5) is 0. The molecule has 0 radical (unpaired) electrons. The van der Waals surface area contributed by atoms with Gasteiger partial charge in [0, 0.05) is 5.41 Å². The van der Waals surface area contributed by atoms with E-state index in [9.17, 15) is 0 Å². The minimum absolute atomic E-state index is 0. The van der Waals surface area contributed by atoms with Gasteiger partial charge in [0.05, 0.1) is 0 Å². The van der Waals surface area contributed by atoms with Crippen LogP contribution in [-0.4, -0.2) is 0 Å². The van der Waals surface area contributed by atoms with Gasteiger partial charge in [0.25, 0.3) is 0 Å². The molecule has 14 heavy (non-hydrogen) atoms. The molecule has 0 fully saturated rings. The second-order valence-corrected chi connectivity index (χ2v) is 3.77. The van der Waals surface area contributed by atoms with Gasteiger partial charge in [0.1, 0.15) is 0 Å². The molecule has 0 amide bonds. The first-order valence-corrected chi connectivity index (χ1v) is 5.11. The molecule has 0 aromatic carbocycles. The largest absolute Gasteiger partial charge is 1.00 e. The van der Waals surface area contributed by atoms with E-state index in [4.69, 9.17) is 0 Å². The van der Waals surface area contributed by atoms with E-state index in [0.717, 1.165) is 0 Å². The number of rotatable bonds is 2. The van der Waals surface area contributed by atoms with Gasteiger partial charge < -0.3 is 0 Å². The van der Waals surface area contributed by atoms with Crippen LogP contribution in [0.1, 0.15) is 26.2 Å². The fourth-order valence-corrected chi connectivity index (χ4v) is 2.18. The van der Waals surface area contributed by atoms with Crippen molar-refractivity contribution in [3.8, 4) is 0 Å². The van der Waals surface area contributed by atoms with Gasteiger partial charge in [-0.2, -0.15) is 0 Å². The minimum atomic E-state index is 0. The number of allylic oxidation sites excluding steroid dienone is 8. The second kappa shape index (κ2) is 4.91. The molecule has 0 aliphatic heterocycles. The Morgan fingerprint density at radius 2 is 1.93 bits per heavy atom. The maximum absolute atomic E-state index is 2.33. The Hall–Kier alpha value is -0.391. The van der Waals surface area contributed by atoms with Gasteiger partial charge in [-0.1, -0.05) is 55.0 Å². The normalized spacial score (nSPS) is 21.9. The predicted octanol–water partition coefficient (Wildman–Crippen LogP) is 3.78. The van der Waals surface area contributed by atoms with Crippen LogP contribution in [0.25, 0.3) is 0 Å². The van der Waals surface area contributed by atoms with Gasteiger partial charge in [0.15, 0.2) is 0 Å². The van der Waals surface area contributed by atoms with E-state index in [0.29, 0.717) is 0 Å². The van der Waals surface area contributed by atoms with Crippen molar-refractivity contribution in [1.82, 2.24) is 0 Å². The standard InChI is InChI=1S/C13H16.Ir/c1-2-13(10-6-7-11-13)12-8-4-3-5-9-12;/h3-4,6-8,10-11H,2,5,9H2,1H3;/q;+1. The van der Waals surface area contributed by atoms with E-state index in [-0.39, 0.29) is 25.5 Å². The van der Waals surface area contributed by atoms with Crippen molar-refractivity contribution in [2.75, 3.05) is 0 Å². The zero-order valence-electron chi connectivity index (χ0n) is 8.50. The maximum atomic E-state index is 2.33. The summed E-state index contributed by atoms with van der Waals surface area (Å²) < 4.78 is 0. The molecule has 0 spiro atoms. The topological polar surface area (TPSA) is 0 Å². The molecule has 1 heteroatoms. The van der Waals surface area contributed by atoms with Crippen LogP contribution in [0.3, 0.4) is 0 Å². The molecule has 0 N–H and O–H groups in total. The van der Waals surface area contributed by atoms with Gasteiger partial charge >= 0.3 is 20.1 Å². The summed E-state index contributed by atoms with van der Waals surface area (Å²) >= 11 is 0. The summed E-state index contributed by atoms with van der Waals surface area (Å²) in [6.07, 6.45) is 19.3. The molecule has 0 saturated heterocycles. The third-order valence-electron chi connectivity index (χ3n) is 3.10. The van der Waals surface area contributed by atoms with Crippen LogP contribution in [0.15, 0.2) is 48.1 Å². The van der Waals surface area contributed by atoms with E-state index in [2.05, 4.69) is 49.5 Å². The van der Waals surface area contributed by atoms with Crippen LogP contribution < -0.4 is 0 Å². The van der Waals surface area contributed by atoms with Gasteiger partial charge in [-0.15, -0.1) is 0 Å². The molecule has 2 aliphatic rings. The molecule has 0 aromatic heterocycles. The fraction of sp³-hybridized carbons (Fsp3) is 0.385. The van der Waals surface area contributed by atoms with Crippen molar-refractivity contribution < 1.29 is 20.1 Å². The Labute approximate surface area is 99.8 Å². The molecular formula is C13H16Ir+. The van der Waals surface area contributed by atoms with Crippen molar-refractivity contribution >= 4 is 0 Å². The summed E-state index contributed by atoms with van der Waals surface area (Å²) in [5.41, 5.74) is 1.83. The molecule has 2 rings (SSSR count). The smallest absolute Gasteiger partial charge is 0.0842 e. The van der Waals surface area contributed by atoms with E-state index < -0.39 is 0 Å². The predicted molar refractivity (Wildman–Crippen MR) is 57.5 cm³/mol. The van der Waals surface area contributed by atoms with Crippen molar-refractivity contribution in [3.05, 3.63) is 48.1 Å². The third-order valence-corrected chi connectivity index (χ3v) is 3.10. The monoisotopic (exact) mass is 365 g/mol. The van der Waals surface area contributed by atoms with E-state index in [1.807, 2.05) is 0 Å². The van der Waals surface area contributed by atoms with Crippen LogP contribution in [0.4, 0.5) is 0 Å². The SMILES string of the molecule is CCC1(C2=CC=CCC2)C=CC=C1.[Ir+]. The Morgan fingerprint density at radius 1 is 1.21 bits per heavy atom. The van der Waals surface area contributed by atoms with Crippen LogP contribution >= 0.6 is 0 Å². The Balaban J connectivity index is 0.000000980. The molecular weight excluding hydrogens is 348 g/mol. The molecule has 0 saturated carbocycles. The van der Waals surface area contributed by atoms with Crippen molar-refractivity contribution in [2.45, 2.75) is 26.2 Å². The molecule has 0 unspecified atom stereocenters. The average Bonchev–Trinajstić information content (AvgIpc) is 2.69. The van der Waals surface area contributed by atoms with Crippen LogP contribution in [-0.2, 0) is 20.1 Å². The molecule has 2 aliphatic carbocycles. The van der Waals surface area contributed by atoms with Crippen LogP contribution in [0.5, 0.6) is 0 Å². The Morgan fingerprint density at radius 3 is 2.43 bits per heavy atom.